The number of hydrogen-bond donors (Lipinski definition) is 1. The Morgan fingerprint density at radius 3 is 2.23 bits per heavy atom. The summed E-state index contributed by atoms with van der Waals surface area (Å²) in [7, 11) is 0. The van der Waals surface area contributed by atoms with E-state index in [1.807, 2.05) is 12.2 Å². The molecule has 174 valence electrons. The Kier molecular flexibility index (Phi) is 15.0. The zero-order valence-corrected chi connectivity index (χ0v) is 19.3. The Bertz CT molecular complexity index is 521. The third-order valence-electron chi connectivity index (χ3n) is 5.96. The van der Waals surface area contributed by atoms with Crippen LogP contribution in [0.5, 0.6) is 0 Å². The van der Waals surface area contributed by atoms with Crippen molar-refractivity contribution < 1.29 is 24.1 Å². The third-order valence-corrected chi connectivity index (χ3v) is 5.96. The topological polar surface area (TPSA) is 55.8 Å². The molecule has 0 bridgehead atoms. The number of rotatable bonds is 13. The molecule has 1 N–H and O–H groups in total. The van der Waals surface area contributed by atoms with Crippen LogP contribution in [-0.4, -0.2) is 36.3 Å². The predicted octanol–water partition coefficient (Wildman–Crippen LogP) is 6.43. The third kappa shape index (κ3) is 10.3. The summed E-state index contributed by atoms with van der Waals surface area (Å²) in [6, 6.07) is 0. The summed E-state index contributed by atoms with van der Waals surface area (Å²) in [5.74, 6) is 0.0781. The highest BCUT2D eigenvalue weighted by molar-refractivity contribution is 5.96. The first-order chi connectivity index (χ1) is 14.6. The first-order valence-corrected chi connectivity index (χ1v) is 12.0. The minimum atomic E-state index is -0.137. The van der Waals surface area contributed by atoms with Gasteiger partial charge in [0, 0.05) is 12.3 Å². The molecule has 0 fully saturated rings. The first-order valence-electron chi connectivity index (χ1n) is 12.0. The Balaban J connectivity index is 0.000000382. The standard InChI is InChI=1S/C15H21FO4.C10H22/c1-10-6-15-13(8-14(10)18)11(9-17)7-12(20-15)4-2-3-5-19-16;1-3-5-7-9-10-8-6-4-2/h6-7,12-13,15,17H,2-5,8-9H2,1H3;3-10H2,1-2H3. The first kappa shape index (κ1) is 27.0. The van der Waals surface area contributed by atoms with Gasteiger partial charge in [-0.25, -0.2) is 0 Å². The van der Waals surface area contributed by atoms with E-state index in [0.29, 0.717) is 12.8 Å². The van der Waals surface area contributed by atoms with Crippen LogP contribution in [0.25, 0.3) is 0 Å². The fraction of sp³-hybridized carbons (Fsp3) is 0.800. The van der Waals surface area contributed by atoms with Gasteiger partial charge < -0.3 is 9.84 Å². The van der Waals surface area contributed by atoms with E-state index in [1.54, 1.807) is 6.92 Å². The summed E-state index contributed by atoms with van der Waals surface area (Å²) < 4.78 is 17.5. The molecule has 3 unspecified atom stereocenters. The van der Waals surface area contributed by atoms with Gasteiger partial charge in [-0.2, -0.15) is 4.94 Å². The van der Waals surface area contributed by atoms with E-state index in [4.69, 9.17) is 4.74 Å². The molecular weight excluding hydrogens is 383 g/mol. The van der Waals surface area contributed by atoms with Crippen LogP contribution in [0.3, 0.4) is 0 Å². The molecule has 5 heteroatoms. The second-order valence-electron chi connectivity index (χ2n) is 8.55. The number of aliphatic hydroxyl groups excluding tert-OH is 1. The molecule has 0 amide bonds. The van der Waals surface area contributed by atoms with E-state index in [1.165, 1.54) is 51.4 Å². The van der Waals surface area contributed by atoms with Crippen LogP contribution in [0, 0.1) is 5.92 Å². The summed E-state index contributed by atoms with van der Waals surface area (Å²) in [5, 5.41) is 9.48. The van der Waals surface area contributed by atoms with Crippen molar-refractivity contribution in [2.45, 2.75) is 110 Å². The lowest BCUT2D eigenvalue weighted by Gasteiger charge is -2.37. The number of aliphatic hydroxyl groups is 1. The second-order valence-corrected chi connectivity index (χ2v) is 8.55. The van der Waals surface area contributed by atoms with Gasteiger partial charge in [-0.05, 0) is 47.9 Å². The number of allylic oxidation sites excluding steroid dienone is 1. The Hall–Kier alpha value is -1.04. The number of unbranched alkanes of at least 4 members (excludes halogenated alkanes) is 8. The van der Waals surface area contributed by atoms with Crippen molar-refractivity contribution in [2.75, 3.05) is 13.2 Å². The molecule has 2 aliphatic rings. The van der Waals surface area contributed by atoms with Crippen LogP contribution >= 0.6 is 0 Å². The van der Waals surface area contributed by atoms with Gasteiger partial charge in [0.25, 0.3) is 0 Å². The lowest BCUT2D eigenvalue weighted by molar-refractivity contribution is -0.133. The molecule has 1 heterocycles. The number of carbonyl (C=O) groups excluding carboxylic acids is 1. The van der Waals surface area contributed by atoms with E-state index in [9.17, 15) is 14.4 Å². The number of halogens is 1. The van der Waals surface area contributed by atoms with Gasteiger partial charge >= 0.3 is 0 Å². The van der Waals surface area contributed by atoms with E-state index in [-0.39, 0.29) is 37.1 Å². The highest BCUT2D eigenvalue weighted by Gasteiger charge is 2.35. The van der Waals surface area contributed by atoms with Crippen molar-refractivity contribution in [1.82, 2.24) is 0 Å². The molecular formula is C25H43FO4. The number of carbonyl (C=O) groups is 1. The van der Waals surface area contributed by atoms with Gasteiger partial charge in [0.1, 0.15) is 0 Å². The maximum atomic E-state index is 11.8. The molecule has 30 heavy (non-hydrogen) atoms. The maximum Gasteiger partial charge on any atom is 0.159 e. The zero-order chi connectivity index (χ0) is 22.2. The smallest absolute Gasteiger partial charge is 0.159 e. The van der Waals surface area contributed by atoms with Crippen molar-refractivity contribution in [3.63, 3.8) is 0 Å². The molecule has 0 saturated carbocycles. The normalized spacial score (nSPS) is 23.2. The molecule has 0 aromatic rings. The number of ether oxygens (including phenoxy) is 1. The number of ketones is 1. The van der Waals surface area contributed by atoms with Gasteiger partial charge in [-0.1, -0.05) is 71.3 Å². The molecule has 3 atom stereocenters. The molecule has 2 rings (SSSR count). The van der Waals surface area contributed by atoms with Gasteiger partial charge in [-0.3, -0.25) is 4.79 Å². The zero-order valence-electron chi connectivity index (χ0n) is 19.3. The Labute approximate surface area is 182 Å². The van der Waals surface area contributed by atoms with Gasteiger partial charge in [-0.15, -0.1) is 0 Å². The van der Waals surface area contributed by atoms with Crippen molar-refractivity contribution in [3.8, 4) is 0 Å². The second kappa shape index (κ2) is 16.6. The van der Waals surface area contributed by atoms with E-state index < -0.39 is 0 Å². The SMILES string of the molecule is CC1=CC2OC(CCCCOF)C=C(CO)C2CC1=O.CCCCCCCCCC. The molecule has 4 nitrogen and oxygen atoms in total. The van der Waals surface area contributed by atoms with Crippen LogP contribution < -0.4 is 0 Å². The van der Waals surface area contributed by atoms with Crippen molar-refractivity contribution in [2.24, 2.45) is 5.92 Å². The minimum absolute atomic E-state index is 0.0402. The minimum Gasteiger partial charge on any atom is -0.392 e. The summed E-state index contributed by atoms with van der Waals surface area (Å²) in [4.78, 5) is 15.3. The molecule has 0 radical (unpaired) electrons. The lowest BCUT2D eigenvalue weighted by atomic mass is 9.79. The van der Waals surface area contributed by atoms with Gasteiger partial charge in [0.05, 0.1) is 25.4 Å². The summed E-state index contributed by atoms with van der Waals surface area (Å²) >= 11 is 0. The fourth-order valence-corrected chi connectivity index (χ4v) is 4.04. The molecule has 0 aromatic carbocycles. The lowest BCUT2D eigenvalue weighted by Crippen LogP contribution is -2.38. The van der Waals surface area contributed by atoms with Crippen molar-refractivity contribution >= 4 is 5.78 Å². The van der Waals surface area contributed by atoms with Crippen LogP contribution in [0.4, 0.5) is 4.53 Å². The number of fused-ring (bicyclic) bond motifs is 1. The fourth-order valence-electron chi connectivity index (χ4n) is 4.04. The van der Waals surface area contributed by atoms with Crippen LogP contribution in [0.2, 0.25) is 0 Å². The van der Waals surface area contributed by atoms with Crippen LogP contribution in [-0.2, 0) is 14.5 Å². The largest absolute Gasteiger partial charge is 0.392 e. The summed E-state index contributed by atoms with van der Waals surface area (Å²) in [5.41, 5.74) is 1.61. The monoisotopic (exact) mass is 426 g/mol. The van der Waals surface area contributed by atoms with Gasteiger partial charge in [0.2, 0.25) is 0 Å². The van der Waals surface area contributed by atoms with Crippen LogP contribution in [0.15, 0.2) is 23.3 Å². The van der Waals surface area contributed by atoms with E-state index >= 15 is 0 Å². The van der Waals surface area contributed by atoms with Crippen molar-refractivity contribution in [3.05, 3.63) is 23.3 Å². The average Bonchev–Trinajstić information content (AvgIpc) is 2.75. The molecule has 1 aliphatic carbocycles. The van der Waals surface area contributed by atoms with E-state index in [0.717, 1.165) is 24.0 Å². The van der Waals surface area contributed by atoms with Gasteiger partial charge in [0.15, 0.2) is 5.78 Å². The van der Waals surface area contributed by atoms with Crippen molar-refractivity contribution in [1.29, 1.82) is 0 Å². The molecule has 0 spiro atoms. The summed E-state index contributed by atoms with van der Waals surface area (Å²) in [6.45, 7) is 6.39. The highest BCUT2D eigenvalue weighted by Crippen LogP contribution is 2.35. The average molecular weight is 427 g/mol. The number of hydrogen-bond acceptors (Lipinski definition) is 4. The Morgan fingerprint density at radius 2 is 1.67 bits per heavy atom. The van der Waals surface area contributed by atoms with E-state index in [2.05, 4.69) is 18.8 Å². The Morgan fingerprint density at radius 1 is 1.03 bits per heavy atom. The molecule has 1 aliphatic heterocycles. The highest BCUT2D eigenvalue weighted by atomic mass is 19.3. The van der Waals surface area contributed by atoms with Crippen LogP contribution in [0.1, 0.15) is 97.8 Å². The quantitative estimate of drug-likeness (QED) is 0.272. The molecule has 0 saturated heterocycles. The number of Topliss-reactive ketones (excluding diaryl/α,β-unsaturated/α-hetero) is 1. The maximum absolute atomic E-state index is 11.8. The molecule has 0 aromatic heterocycles. The summed E-state index contributed by atoms with van der Waals surface area (Å²) in [6.07, 6.45) is 17.6. The predicted molar refractivity (Wildman–Crippen MR) is 120 cm³/mol.